The summed E-state index contributed by atoms with van der Waals surface area (Å²) < 4.78 is 41.7. The Labute approximate surface area is 152 Å². The van der Waals surface area contributed by atoms with Crippen molar-refractivity contribution in [3.05, 3.63) is 58.1 Å². The summed E-state index contributed by atoms with van der Waals surface area (Å²) in [5, 5.41) is 15.2. The quantitative estimate of drug-likeness (QED) is 0.566. The van der Waals surface area contributed by atoms with Gasteiger partial charge in [0, 0.05) is 29.8 Å². The topological polar surface area (TPSA) is 53.5 Å². The van der Waals surface area contributed by atoms with Gasteiger partial charge in [-0.05, 0) is 41.5 Å². The van der Waals surface area contributed by atoms with E-state index in [-0.39, 0.29) is 12.4 Å². The molecule has 0 fully saturated rings. The van der Waals surface area contributed by atoms with Crippen molar-refractivity contribution in [2.45, 2.75) is 19.5 Å². The molecule has 0 amide bonds. The third-order valence-electron chi connectivity index (χ3n) is 3.29. The summed E-state index contributed by atoms with van der Waals surface area (Å²) >= 11 is 3.41. The van der Waals surface area contributed by atoms with E-state index >= 15 is 0 Å². The number of rotatable bonds is 8. The summed E-state index contributed by atoms with van der Waals surface area (Å²) in [6.07, 6.45) is -4.71. The van der Waals surface area contributed by atoms with E-state index in [1.807, 2.05) is 18.2 Å². The van der Waals surface area contributed by atoms with Gasteiger partial charge in [-0.2, -0.15) is 0 Å². The molecule has 0 unspecified atom stereocenters. The van der Waals surface area contributed by atoms with Crippen LogP contribution in [-0.2, 0) is 13.1 Å². The first-order valence-corrected chi connectivity index (χ1v) is 8.35. The molecule has 2 aromatic rings. The second kappa shape index (κ2) is 9.07. The van der Waals surface area contributed by atoms with Crippen molar-refractivity contribution in [2.24, 2.45) is 0 Å². The van der Waals surface area contributed by atoms with Crippen molar-refractivity contribution in [2.75, 3.05) is 18.5 Å². The first-order valence-electron chi connectivity index (χ1n) is 7.56. The largest absolute Gasteiger partial charge is 0.573 e. The molecule has 0 saturated heterocycles. The maximum atomic E-state index is 12.3. The molecule has 2 rings (SSSR count). The fraction of sp³-hybridized carbons (Fsp3) is 0.294. The van der Waals surface area contributed by atoms with Crippen molar-refractivity contribution in [3.63, 3.8) is 0 Å². The molecule has 0 spiro atoms. The molecule has 0 aliphatic heterocycles. The normalized spacial score (nSPS) is 11.4. The molecule has 136 valence electrons. The fourth-order valence-electron chi connectivity index (χ4n) is 2.23. The molecule has 0 radical (unpaired) electrons. The number of halogens is 4. The zero-order valence-electron chi connectivity index (χ0n) is 13.2. The maximum absolute atomic E-state index is 12.3. The van der Waals surface area contributed by atoms with E-state index < -0.39 is 6.36 Å². The minimum Gasteiger partial charge on any atom is -0.406 e. The Morgan fingerprint density at radius 2 is 1.88 bits per heavy atom. The Morgan fingerprint density at radius 3 is 2.60 bits per heavy atom. The Balaban J connectivity index is 2.04. The average molecular weight is 419 g/mol. The lowest BCUT2D eigenvalue weighted by Crippen LogP contribution is -2.18. The van der Waals surface area contributed by atoms with Crippen molar-refractivity contribution in [3.8, 4) is 5.75 Å². The van der Waals surface area contributed by atoms with E-state index in [2.05, 4.69) is 31.3 Å². The van der Waals surface area contributed by atoms with E-state index in [0.29, 0.717) is 25.2 Å². The Bertz CT molecular complexity index is 696. The molecule has 0 atom stereocenters. The van der Waals surface area contributed by atoms with Crippen LogP contribution in [0.1, 0.15) is 11.1 Å². The van der Waals surface area contributed by atoms with Gasteiger partial charge in [0.2, 0.25) is 0 Å². The summed E-state index contributed by atoms with van der Waals surface area (Å²) in [6.45, 7) is 1.43. The summed E-state index contributed by atoms with van der Waals surface area (Å²) in [6, 6.07) is 11.6. The first kappa shape index (κ1) is 19.6. The molecule has 4 nitrogen and oxygen atoms in total. The minimum atomic E-state index is -4.71. The van der Waals surface area contributed by atoms with E-state index in [0.717, 1.165) is 15.7 Å². The first-order chi connectivity index (χ1) is 11.9. The van der Waals surface area contributed by atoms with E-state index in [4.69, 9.17) is 5.11 Å². The molecule has 8 heteroatoms. The lowest BCUT2D eigenvalue weighted by molar-refractivity contribution is -0.274. The zero-order chi connectivity index (χ0) is 18.3. The standard InChI is InChI=1S/C17H18BrF3N2O2/c18-14-4-5-16(13(9-14)11-22-6-7-24)23-10-12-2-1-3-15(8-12)25-17(19,20)21/h1-5,8-9,22-24H,6-7,10-11H2. The third-order valence-corrected chi connectivity index (χ3v) is 3.78. The van der Waals surface area contributed by atoms with Crippen LogP contribution in [0.2, 0.25) is 0 Å². The van der Waals surface area contributed by atoms with E-state index in [1.54, 1.807) is 6.07 Å². The number of aliphatic hydroxyl groups is 1. The van der Waals surface area contributed by atoms with Crippen LogP contribution in [-0.4, -0.2) is 24.6 Å². The van der Waals surface area contributed by atoms with Gasteiger partial charge >= 0.3 is 6.36 Å². The van der Waals surface area contributed by atoms with Gasteiger partial charge in [0.15, 0.2) is 0 Å². The van der Waals surface area contributed by atoms with Crippen LogP contribution >= 0.6 is 15.9 Å². The number of ether oxygens (including phenoxy) is 1. The van der Waals surface area contributed by atoms with Gasteiger partial charge < -0.3 is 20.5 Å². The van der Waals surface area contributed by atoms with E-state index in [1.165, 1.54) is 18.2 Å². The van der Waals surface area contributed by atoms with Gasteiger partial charge in [0.05, 0.1) is 6.61 Å². The smallest absolute Gasteiger partial charge is 0.406 e. The zero-order valence-corrected chi connectivity index (χ0v) is 14.8. The predicted octanol–water partition coefficient (Wildman–Crippen LogP) is 4.04. The van der Waals surface area contributed by atoms with Crippen LogP contribution < -0.4 is 15.4 Å². The predicted molar refractivity (Wildman–Crippen MR) is 93.4 cm³/mol. The van der Waals surface area contributed by atoms with Gasteiger partial charge in [-0.3, -0.25) is 0 Å². The molecule has 0 bridgehead atoms. The highest BCUT2D eigenvalue weighted by molar-refractivity contribution is 9.10. The Kier molecular flexibility index (Phi) is 7.10. The van der Waals surface area contributed by atoms with Crippen LogP contribution in [0.3, 0.4) is 0 Å². The SMILES string of the molecule is OCCNCc1cc(Br)ccc1NCc1cccc(OC(F)(F)F)c1. The lowest BCUT2D eigenvalue weighted by Gasteiger charge is -2.14. The van der Waals surface area contributed by atoms with Crippen LogP contribution in [0, 0.1) is 0 Å². The number of anilines is 1. The van der Waals surface area contributed by atoms with Gasteiger partial charge in [0.1, 0.15) is 5.75 Å². The summed E-state index contributed by atoms with van der Waals surface area (Å²) in [5.74, 6) is -0.243. The molecule has 0 aliphatic rings. The molecule has 2 aromatic carbocycles. The fourth-order valence-corrected chi connectivity index (χ4v) is 2.64. The number of nitrogens with one attached hydrogen (secondary N) is 2. The molecular formula is C17H18BrF3N2O2. The summed E-state index contributed by atoms with van der Waals surface area (Å²) in [7, 11) is 0. The molecule has 0 aromatic heterocycles. The second-order valence-electron chi connectivity index (χ2n) is 5.25. The number of hydrogen-bond donors (Lipinski definition) is 3. The lowest BCUT2D eigenvalue weighted by atomic mass is 10.1. The van der Waals surface area contributed by atoms with Gasteiger partial charge in [-0.15, -0.1) is 13.2 Å². The molecular weight excluding hydrogens is 401 g/mol. The van der Waals surface area contributed by atoms with Crippen LogP contribution in [0.15, 0.2) is 46.9 Å². The molecule has 0 aliphatic carbocycles. The highest BCUT2D eigenvalue weighted by Gasteiger charge is 2.31. The molecule has 3 N–H and O–H groups in total. The number of aliphatic hydroxyl groups excluding tert-OH is 1. The molecule has 0 saturated carbocycles. The van der Waals surface area contributed by atoms with Crippen molar-refractivity contribution in [1.29, 1.82) is 0 Å². The van der Waals surface area contributed by atoms with Crippen molar-refractivity contribution >= 4 is 21.6 Å². The van der Waals surface area contributed by atoms with E-state index in [9.17, 15) is 13.2 Å². The Morgan fingerprint density at radius 1 is 1.08 bits per heavy atom. The number of benzene rings is 2. The van der Waals surface area contributed by atoms with Gasteiger partial charge in [-0.1, -0.05) is 28.1 Å². The molecule has 25 heavy (non-hydrogen) atoms. The van der Waals surface area contributed by atoms with Gasteiger partial charge in [-0.25, -0.2) is 0 Å². The monoisotopic (exact) mass is 418 g/mol. The van der Waals surface area contributed by atoms with Crippen LogP contribution in [0.4, 0.5) is 18.9 Å². The average Bonchev–Trinajstić information content (AvgIpc) is 2.53. The Hall–Kier alpha value is -1.77. The van der Waals surface area contributed by atoms with Gasteiger partial charge in [0.25, 0.3) is 0 Å². The minimum absolute atomic E-state index is 0.0444. The van der Waals surface area contributed by atoms with Crippen molar-refractivity contribution < 1.29 is 23.0 Å². The number of alkyl halides is 3. The third kappa shape index (κ3) is 6.93. The number of hydrogen-bond acceptors (Lipinski definition) is 4. The summed E-state index contributed by atoms with van der Waals surface area (Å²) in [4.78, 5) is 0. The summed E-state index contributed by atoms with van der Waals surface area (Å²) in [5.41, 5.74) is 2.50. The second-order valence-corrected chi connectivity index (χ2v) is 6.17. The van der Waals surface area contributed by atoms with Crippen LogP contribution in [0.25, 0.3) is 0 Å². The highest BCUT2D eigenvalue weighted by atomic mass is 79.9. The highest BCUT2D eigenvalue weighted by Crippen LogP contribution is 2.25. The molecule has 0 heterocycles. The maximum Gasteiger partial charge on any atom is 0.573 e. The van der Waals surface area contributed by atoms with Crippen LogP contribution in [0.5, 0.6) is 5.75 Å². The van der Waals surface area contributed by atoms with Crippen molar-refractivity contribution in [1.82, 2.24) is 5.32 Å².